The third-order valence-electron chi connectivity index (χ3n) is 2.95. The van der Waals surface area contributed by atoms with Gasteiger partial charge in [-0.15, -0.1) is 0 Å². The second kappa shape index (κ2) is 5.74. The zero-order valence-corrected chi connectivity index (χ0v) is 11.0. The van der Waals surface area contributed by atoms with Crippen LogP contribution in [0, 0.1) is 18.6 Å². The largest absolute Gasteiger partial charge is 0.503 e. The summed E-state index contributed by atoms with van der Waals surface area (Å²) in [4.78, 5) is 26.1. The van der Waals surface area contributed by atoms with Crippen molar-refractivity contribution in [2.24, 2.45) is 0 Å². The molecule has 0 fully saturated rings. The molecule has 7 heteroatoms. The number of hydrogen-bond acceptors (Lipinski definition) is 3. The zero-order chi connectivity index (χ0) is 15.6. The molecule has 0 radical (unpaired) electrons. The van der Waals surface area contributed by atoms with E-state index in [1.807, 2.05) is 0 Å². The highest BCUT2D eigenvalue weighted by molar-refractivity contribution is 5.94. The third-order valence-corrected chi connectivity index (χ3v) is 2.95. The number of hydrogen-bond donors (Lipinski definition) is 3. The molecule has 2 rings (SSSR count). The van der Waals surface area contributed by atoms with Gasteiger partial charge in [0.25, 0.3) is 5.91 Å². The van der Waals surface area contributed by atoms with Gasteiger partial charge in [-0.05, 0) is 13.0 Å². The first-order valence-corrected chi connectivity index (χ1v) is 6.03. The number of aryl methyl sites for hydroxylation is 1. The first kappa shape index (κ1) is 14.7. The summed E-state index contributed by atoms with van der Waals surface area (Å²) in [6.45, 7) is 1.27. The van der Waals surface area contributed by atoms with Gasteiger partial charge in [-0.3, -0.25) is 9.59 Å². The standard InChI is InChI=1S/C14H12F2N2O3/c1-7-12(19)13(20)10(6-17-7)14(21)18-5-8-2-3-9(15)4-11(8)16/h2-4,6,19H,5H2,1H3,(H,17,20)(H,18,21). The lowest BCUT2D eigenvalue weighted by Gasteiger charge is -2.07. The summed E-state index contributed by atoms with van der Waals surface area (Å²) >= 11 is 0. The van der Waals surface area contributed by atoms with Crippen molar-refractivity contribution in [3.05, 3.63) is 63.1 Å². The summed E-state index contributed by atoms with van der Waals surface area (Å²) in [6, 6.07) is 2.96. The molecular formula is C14H12F2N2O3. The minimum absolute atomic E-state index is 0.0810. The summed E-state index contributed by atoms with van der Waals surface area (Å²) in [6.07, 6.45) is 1.16. The first-order valence-electron chi connectivity index (χ1n) is 6.03. The number of aromatic hydroxyl groups is 1. The lowest BCUT2D eigenvalue weighted by molar-refractivity contribution is 0.0948. The van der Waals surface area contributed by atoms with Crippen LogP contribution in [-0.4, -0.2) is 16.0 Å². The van der Waals surface area contributed by atoms with Crippen LogP contribution >= 0.6 is 0 Å². The molecule has 0 aliphatic carbocycles. The number of aromatic nitrogens is 1. The fourth-order valence-electron chi connectivity index (χ4n) is 1.72. The Bertz CT molecular complexity index is 756. The highest BCUT2D eigenvalue weighted by Crippen LogP contribution is 2.10. The van der Waals surface area contributed by atoms with Crippen molar-refractivity contribution >= 4 is 5.91 Å². The molecular weight excluding hydrogens is 282 g/mol. The van der Waals surface area contributed by atoms with Gasteiger partial charge in [0.1, 0.15) is 17.2 Å². The number of rotatable bonds is 3. The second-order valence-corrected chi connectivity index (χ2v) is 4.42. The molecule has 0 atom stereocenters. The van der Waals surface area contributed by atoms with E-state index in [-0.39, 0.29) is 23.4 Å². The number of amides is 1. The van der Waals surface area contributed by atoms with Gasteiger partial charge in [-0.25, -0.2) is 8.78 Å². The number of halogens is 2. The summed E-state index contributed by atoms with van der Waals surface area (Å²) < 4.78 is 26.1. The van der Waals surface area contributed by atoms with E-state index >= 15 is 0 Å². The van der Waals surface area contributed by atoms with Crippen molar-refractivity contribution in [1.29, 1.82) is 0 Å². The number of carbonyl (C=O) groups excluding carboxylic acids is 1. The maximum Gasteiger partial charge on any atom is 0.257 e. The Morgan fingerprint density at radius 1 is 1.38 bits per heavy atom. The minimum atomic E-state index is -0.816. The maximum atomic E-state index is 13.4. The monoisotopic (exact) mass is 294 g/mol. The topological polar surface area (TPSA) is 82.2 Å². The third kappa shape index (κ3) is 3.07. The van der Waals surface area contributed by atoms with Crippen LogP contribution in [0.3, 0.4) is 0 Å². The number of pyridine rings is 1. The van der Waals surface area contributed by atoms with Gasteiger partial charge in [-0.2, -0.15) is 0 Å². The smallest absolute Gasteiger partial charge is 0.257 e. The first-order chi connectivity index (χ1) is 9.90. The highest BCUT2D eigenvalue weighted by atomic mass is 19.1. The van der Waals surface area contributed by atoms with E-state index in [2.05, 4.69) is 10.3 Å². The van der Waals surface area contributed by atoms with Crippen molar-refractivity contribution in [3.8, 4) is 5.75 Å². The number of carbonyl (C=O) groups is 1. The van der Waals surface area contributed by atoms with E-state index in [1.54, 1.807) is 0 Å². The number of nitrogens with one attached hydrogen (secondary N) is 2. The van der Waals surface area contributed by atoms with Gasteiger partial charge in [0.15, 0.2) is 5.75 Å². The minimum Gasteiger partial charge on any atom is -0.503 e. The lowest BCUT2D eigenvalue weighted by atomic mass is 10.2. The van der Waals surface area contributed by atoms with Crippen LogP contribution in [0.5, 0.6) is 5.75 Å². The van der Waals surface area contributed by atoms with Gasteiger partial charge in [0.05, 0.1) is 5.69 Å². The molecule has 5 nitrogen and oxygen atoms in total. The molecule has 0 aliphatic rings. The van der Waals surface area contributed by atoms with Crippen LogP contribution in [-0.2, 0) is 6.54 Å². The van der Waals surface area contributed by atoms with Crippen molar-refractivity contribution in [2.75, 3.05) is 0 Å². The average Bonchev–Trinajstić information content (AvgIpc) is 2.43. The molecule has 1 aromatic carbocycles. The van der Waals surface area contributed by atoms with E-state index < -0.39 is 28.7 Å². The second-order valence-electron chi connectivity index (χ2n) is 4.42. The van der Waals surface area contributed by atoms with Gasteiger partial charge in [0.2, 0.25) is 5.43 Å². The van der Waals surface area contributed by atoms with E-state index in [9.17, 15) is 23.5 Å². The Labute approximate surface area is 118 Å². The SMILES string of the molecule is Cc1[nH]cc(C(=O)NCc2ccc(F)cc2F)c(=O)c1O. The quantitative estimate of drug-likeness (QED) is 0.804. The molecule has 21 heavy (non-hydrogen) atoms. The van der Waals surface area contributed by atoms with Gasteiger partial charge >= 0.3 is 0 Å². The van der Waals surface area contributed by atoms with Crippen molar-refractivity contribution < 1.29 is 18.7 Å². The number of aromatic amines is 1. The Morgan fingerprint density at radius 3 is 2.76 bits per heavy atom. The Kier molecular flexibility index (Phi) is 4.02. The summed E-state index contributed by atoms with van der Waals surface area (Å²) in [5, 5.41) is 11.8. The molecule has 1 amide bonds. The van der Waals surface area contributed by atoms with E-state index in [4.69, 9.17) is 0 Å². The Hall–Kier alpha value is -2.70. The Morgan fingerprint density at radius 2 is 2.10 bits per heavy atom. The molecule has 0 bridgehead atoms. The normalized spacial score (nSPS) is 10.4. The van der Waals surface area contributed by atoms with E-state index in [0.717, 1.165) is 12.3 Å². The predicted octanol–water partition coefficient (Wildman–Crippen LogP) is 1.60. The van der Waals surface area contributed by atoms with Gasteiger partial charge < -0.3 is 15.4 Å². The molecule has 1 heterocycles. The molecule has 0 saturated heterocycles. The Balaban J connectivity index is 2.16. The molecule has 3 N–H and O–H groups in total. The molecule has 0 spiro atoms. The molecule has 0 aliphatic heterocycles. The predicted molar refractivity (Wildman–Crippen MR) is 71.0 cm³/mol. The van der Waals surface area contributed by atoms with Crippen LogP contribution in [0.1, 0.15) is 21.6 Å². The van der Waals surface area contributed by atoms with E-state index in [0.29, 0.717) is 6.07 Å². The van der Waals surface area contributed by atoms with Crippen LogP contribution in [0.15, 0.2) is 29.2 Å². The van der Waals surface area contributed by atoms with Crippen molar-refractivity contribution in [2.45, 2.75) is 13.5 Å². The van der Waals surface area contributed by atoms with Gasteiger partial charge in [0, 0.05) is 24.4 Å². The van der Waals surface area contributed by atoms with Crippen LogP contribution in [0.2, 0.25) is 0 Å². The van der Waals surface area contributed by atoms with Gasteiger partial charge in [-0.1, -0.05) is 6.07 Å². The molecule has 110 valence electrons. The molecule has 0 unspecified atom stereocenters. The summed E-state index contributed by atoms with van der Waals surface area (Å²) in [5.74, 6) is -2.83. The number of benzene rings is 1. The fraction of sp³-hybridized carbons (Fsp3) is 0.143. The highest BCUT2D eigenvalue weighted by Gasteiger charge is 2.15. The summed E-state index contributed by atoms with van der Waals surface area (Å²) in [7, 11) is 0. The molecule has 0 saturated carbocycles. The fourth-order valence-corrected chi connectivity index (χ4v) is 1.72. The van der Waals surface area contributed by atoms with Crippen molar-refractivity contribution in [3.63, 3.8) is 0 Å². The van der Waals surface area contributed by atoms with Crippen LogP contribution < -0.4 is 10.7 Å². The zero-order valence-electron chi connectivity index (χ0n) is 11.0. The average molecular weight is 294 g/mol. The number of H-pyrrole nitrogens is 1. The lowest BCUT2D eigenvalue weighted by Crippen LogP contribution is -2.28. The van der Waals surface area contributed by atoms with Crippen LogP contribution in [0.25, 0.3) is 0 Å². The maximum absolute atomic E-state index is 13.4. The molecule has 1 aromatic heterocycles. The van der Waals surface area contributed by atoms with E-state index in [1.165, 1.54) is 13.0 Å². The summed E-state index contributed by atoms with van der Waals surface area (Å²) in [5.41, 5.74) is -0.789. The van der Waals surface area contributed by atoms with Crippen molar-refractivity contribution in [1.82, 2.24) is 10.3 Å². The molecule has 2 aromatic rings. The van der Waals surface area contributed by atoms with Crippen LogP contribution in [0.4, 0.5) is 8.78 Å².